The molecule has 0 N–H and O–H groups in total. The summed E-state index contributed by atoms with van der Waals surface area (Å²) in [6, 6.07) is 27.7. The molecule has 116 valence electrons. The van der Waals surface area contributed by atoms with Gasteiger partial charge in [0.25, 0.3) is 0 Å². The zero-order valence-corrected chi connectivity index (χ0v) is 14.0. The first-order valence-corrected chi connectivity index (χ1v) is 8.26. The van der Waals surface area contributed by atoms with E-state index in [0.717, 1.165) is 11.2 Å². The lowest BCUT2D eigenvalue weighted by Gasteiger charge is -2.16. The van der Waals surface area contributed by atoms with Gasteiger partial charge in [-0.3, -0.25) is 4.98 Å². The highest BCUT2D eigenvalue weighted by Gasteiger charge is 2.15. The number of hydrogen-bond acceptors (Lipinski definition) is 1. The molecule has 3 aromatic carbocycles. The van der Waals surface area contributed by atoms with Crippen molar-refractivity contribution in [3.8, 4) is 22.3 Å². The summed E-state index contributed by atoms with van der Waals surface area (Å²) in [5, 5.41) is 1.21. The van der Waals surface area contributed by atoms with Gasteiger partial charge < -0.3 is 0 Å². The van der Waals surface area contributed by atoms with Crippen LogP contribution in [0.1, 0.15) is 11.3 Å². The van der Waals surface area contributed by atoms with Crippen molar-refractivity contribution in [2.75, 3.05) is 0 Å². The van der Waals surface area contributed by atoms with E-state index in [1.807, 2.05) is 0 Å². The molecule has 0 radical (unpaired) electrons. The van der Waals surface area contributed by atoms with Gasteiger partial charge in [-0.15, -0.1) is 0 Å². The number of hydrogen-bond donors (Lipinski definition) is 0. The summed E-state index contributed by atoms with van der Waals surface area (Å²) in [6.07, 6.45) is 0. The zero-order chi connectivity index (χ0) is 16.5. The molecule has 0 fully saturated rings. The molecule has 1 heterocycles. The lowest BCUT2D eigenvalue weighted by molar-refractivity contribution is 1.25. The number of pyridine rings is 1. The van der Waals surface area contributed by atoms with Crippen LogP contribution in [0.2, 0.25) is 0 Å². The Labute approximate surface area is 142 Å². The van der Waals surface area contributed by atoms with Crippen molar-refractivity contribution in [1.82, 2.24) is 4.98 Å². The highest BCUT2D eigenvalue weighted by atomic mass is 14.7. The summed E-state index contributed by atoms with van der Waals surface area (Å²) in [5.74, 6) is 0. The van der Waals surface area contributed by atoms with Crippen LogP contribution in [0.5, 0.6) is 0 Å². The fourth-order valence-electron chi connectivity index (χ4n) is 3.36. The van der Waals surface area contributed by atoms with E-state index >= 15 is 0 Å². The Morgan fingerprint density at radius 2 is 1.21 bits per heavy atom. The fraction of sp³-hybridized carbons (Fsp3) is 0.0870. The Balaban J connectivity index is 2.17. The predicted octanol–water partition coefficient (Wildman–Crippen LogP) is 6.19. The Morgan fingerprint density at radius 3 is 1.83 bits per heavy atom. The van der Waals surface area contributed by atoms with Crippen LogP contribution >= 0.6 is 0 Å². The minimum atomic E-state index is 1.05. The van der Waals surface area contributed by atoms with Crippen LogP contribution in [0.25, 0.3) is 33.2 Å². The maximum Gasteiger partial charge on any atom is 0.0712 e. The minimum absolute atomic E-state index is 1.05. The quantitative estimate of drug-likeness (QED) is 0.430. The number of aromatic nitrogens is 1. The first kappa shape index (κ1) is 14.6. The van der Waals surface area contributed by atoms with Crippen LogP contribution in [0.4, 0.5) is 0 Å². The van der Waals surface area contributed by atoms with Crippen molar-refractivity contribution < 1.29 is 0 Å². The highest BCUT2D eigenvalue weighted by Crippen LogP contribution is 2.39. The van der Waals surface area contributed by atoms with Crippen molar-refractivity contribution in [1.29, 1.82) is 0 Å². The molecule has 0 atom stereocenters. The molecule has 0 aliphatic heterocycles. The van der Waals surface area contributed by atoms with Crippen LogP contribution in [0.3, 0.4) is 0 Å². The van der Waals surface area contributed by atoms with Crippen LogP contribution in [-0.2, 0) is 0 Å². The van der Waals surface area contributed by atoms with E-state index in [1.165, 1.54) is 33.2 Å². The maximum absolute atomic E-state index is 4.88. The van der Waals surface area contributed by atoms with E-state index in [2.05, 4.69) is 92.7 Å². The van der Waals surface area contributed by atoms with Crippen molar-refractivity contribution in [3.05, 3.63) is 90.1 Å². The zero-order valence-electron chi connectivity index (χ0n) is 14.0. The van der Waals surface area contributed by atoms with Gasteiger partial charge in [0.1, 0.15) is 0 Å². The smallest absolute Gasteiger partial charge is 0.0712 e. The van der Waals surface area contributed by atoms with E-state index < -0.39 is 0 Å². The van der Waals surface area contributed by atoms with Crippen LogP contribution in [-0.4, -0.2) is 4.98 Å². The molecule has 0 saturated carbocycles. The summed E-state index contributed by atoms with van der Waals surface area (Å²) >= 11 is 0. The molecule has 0 saturated heterocycles. The standard InChI is InChI=1S/C23H19N/c1-16-13-14-21-20(15-16)23(19-11-7-4-8-12-19)22(17(2)24-21)18-9-5-3-6-10-18/h3-15H,1-2H3. The Bertz CT molecular complexity index is 1000. The summed E-state index contributed by atoms with van der Waals surface area (Å²) < 4.78 is 0. The third-order valence-corrected chi connectivity index (χ3v) is 4.45. The fourth-order valence-corrected chi connectivity index (χ4v) is 3.36. The largest absolute Gasteiger partial charge is 0.252 e. The third kappa shape index (κ3) is 2.48. The summed E-state index contributed by atoms with van der Waals surface area (Å²) in [5.41, 5.74) is 8.31. The molecular weight excluding hydrogens is 290 g/mol. The first-order valence-electron chi connectivity index (χ1n) is 8.26. The number of aryl methyl sites for hydroxylation is 2. The molecular formula is C23H19N. The highest BCUT2D eigenvalue weighted by molar-refractivity contribution is 6.03. The van der Waals surface area contributed by atoms with Gasteiger partial charge in [0.05, 0.1) is 5.52 Å². The van der Waals surface area contributed by atoms with E-state index in [1.54, 1.807) is 0 Å². The van der Waals surface area contributed by atoms with Gasteiger partial charge in [-0.25, -0.2) is 0 Å². The average molecular weight is 309 g/mol. The van der Waals surface area contributed by atoms with E-state index in [4.69, 9.17) is 4.98 Å². The SMILES string of the molecule is Cc1ccc2nc(C)c(-c3ccccc3)c(-c3ccccc3)c2c1. The van der Waals surface area contributed by atoms with Crippen LogP contribution < -0.4 is 0 Å². The van der Waals surface area contributed by atoms with Gasteiger partial charge in [-0.05, 0) is 37.1 Å². The van der Waals surface area contributed by atoms with Gasteiger partial charge in [0.2, 0.25) is 0 Å². The lowest BCUT2D eigenvalue weighted by atomic mass is 9.90. The Morgan fingerprint density at radius 1 is 0.625 bits per heavy atom. The molecule has 0 unspecified atom stereocenters. The number of fused-ring (bicyclic) bond motifs is 1. The van der Waals surface area contributed by atoms with Gasteiger partial charge >= 0.3 is 0 Å². The molecule has 1 nitrogen and oxygen atoms in total. The van der Waals surface area contributed by atoms with Gasteiger partial charge in [-0.1, -0.05) is 72.3 Å². The maximum atomic E-state index is 4.88. The summed E-state index contributed by atoms with van der Waals surface area (Å²) in [7, 11) is 0. The number of nitrogens with zero attached hydrogens (tertiary/aromatic N) is 1. The molecule has 4 rings (SSSR count). The van der Waals surface area contributed by atoms with Crippen molar-refractivity contribution in [2.45, 2.75) is 13.8 Å². The second kappa shape index (κ2) is 5.93. The summed E-state index contributed by atoms with van der Waals surface area (Å²) in [4.78, 5) is 4.88. The van der Waals surface area contributed by atoms with Crippen molar-refractivity contribution in [2.24, 2.45) is 0 Å². The molecule has 4 aromatic rings. The van der Waals surface area contributed by atoms with Gasteiger partial charge in [0.15, 0.2) is 0 Å². The number of rotatable bonds is 2. The van der Waals surface area contributed by atoms with E-state index in [9.17, 15) is 0 Å². The number of benzene rings is 3. The second-order valence-electron chi connectivity index (χ2n) is 6.20. The first-order chi connectivity index (χ1) is 11.7. The molecule has 24 heavy (non-hydrogen) atoms. The van der Waals surface area contributed by atoms with Gasteiger partial charge in [-0.2, -0.15) is 0 Å². The monoisotopic (exact) mass is 309 g/mol. The van der Waals surface area contributed by atoms with E-state index in [-0.39, 0.29) is 0 Å². The molecule has 1 aromatic heterocycles. The van der Waals surface area contributed by atoms with Crippen LogP contribution in [0, 0.1) is 13.8 Å². The minimum Gasteiger partial charge on any atom is -0.252 e. The van der Waals surface area contributed by atoms with Gasteiger partial charge in [0, 0.05) is 22.2 Å². The second-order valence-corrected chi connectivity index (χ2v) is 6.20. The third-order valence-electron chi connectivity index (χ3n) is 4.45. The molecule has 0 bridgehead atoms. The van der Waals surface area contributed by atoms with E-state index in [0.29, 0.717) is 0 Å². The predicted molar refractivity (Wildman–Crippen MR) is 102 cm³/mol. The van der Waals surface area contributed by atoms with Crippen LogP contribution in [0.15, 0.2) is 78.9 Å². The topological polar surface area (TPSA) is 12.9 Å². The Hall–Kier alpha value is -2.93. The molecule has 0 spiro atoms. The molecule has 0 aliphatic rings. The molecule has 1 heteroatoms. The Kier molecular flexibility index (Phi) is 3.62. The molecule has 0 aliphatic carbocycles. The summed E-state index contributed by atoms with van der Waals surface area (Å²) in [6.45, 7) is 4.24. The molecule has 0 amide bonds. The van der Waals surface area contributed by atoms with Crippen molar-refractivity contribution >= 4 is 10.9 Å². The normalized spacial score (nSPS) is 10.9. The average Bonchev–Trinajstić information content (AvgIpc) is 2.62. The van der Waals surface area contributed by atoms with Crippen molar-refractivity contribution in [3.63, 3.8) is 0 Å². The lowest BCUT2D eigenvalue weighted by Crippen LogP contribution is -1.95.